The molecule has 0 aliphatic carbocycles. The molecule has 5 nitrogen and oxygen atoms in total. The van der Waals surface area contributed by atoms with E-state index in [4.69, 9.17) is 4.74 Å². The summed E-state index contributed by atoms with van der Waals surface area (Å²) < 4.78 is 18.4. The highest BCUT2D eigenvalue weighted by atomic mass is 19.1. The predicted octanol–water partition coefficient (Wildman–Crippen LogP) is 3.66. The highest BCUT2D eigenvalue weighted by molar-refractivity contribution is 5.64. The number of ether oxygens (including phenoxy) is 1. The van der Waals surface area contributed by atoms with Crippen LogP contribution in [0.4, 0.5) is 15.8 Å². The van der Waals surface area contributed by atoms with Crippen LogP contribution in [0.2, 0.25) is 0 Å². The van der Waals surface area contributed by atoms with Crippen LogP contribution in [0.25, 0.3) is 0 Å². The van der Waals surface area contributed by atoms with Crippen molar-refractivity contribution < 1.29 is 14.1 Å². The summed E-state index contributed by atoms with van der Waals surface area (Å²) >= 11 is 0. The fourth-order valence-electron chi connectivity index (χ4n) is 1.88. The summed E-state index contributed by atoms with van der Waals surface area (Å²) in [5, 5.41) is 14.0. The molecule has 1 N–H and O–H groups in total. The van der Waals surface area contributed by atoms with Gasteiger partial charge in [0.1, 0.15) is 17.3 Å². The number of nitrogens with one attached hydrogen (secondary N) is 1. The van der Waals surface area contributed by atoms with Crippen molar-refractivity contribution in [2.45, 2.75) is 13.5 Å². The van der Waals surface area contributed by atoms with Crippen LogP contribution in [-0.2, 0) is 6.54 Å². The minimum atomic E-state index is -0.486. The van der Waals surface area contributed by atoms with Crippen molar-refractivity contribution in [2.24, 2.45) is 0 Å². The number of hydrogen-bond acceptors (Lipinski definition) is 4. The lowest BCUT2D eigenvalue weighted by Gasteiger charge is -2.09. The fourth-order valence-corrected chi connectivity index (χ4v) is 1.88. The largest absolute Gasteiger partial charge is 0.496 e. The van der Waals surface area contributed by atoms with Crippen molar-refractivity contribution >= 4 is 11.4 Å². The van der Waals surface area contributed by atoms with E-state index in [1.807, 2.05) is 0 Å². The fraction of sp³-hybridized carbons (Fsp3) is 0.200. The number of aryl methyl sites for hydroxylation is 1. The van der Waals surface area contributed by atoms with Crippen molar-refractivity contribution in [2.75, 3.05) is 12.4 Å². The van der Waals surface area contributed by atoms with E-state index >= 15 is 0 Å². The van der Waals surface area contributed by atoms with Gasteiger partial charge in [-0.2, -0.15) is 0 Å². The molecule has 0 amide bonds. The van der Waals surface area contributed by atoms with E-state index in [0.29, 0.717) is 29.1 Å². The second-order valence-corrected chi connectivity index (χ2v) is 4.58. The smallest absolute Gasteiger partial charge is 0.296 e. The molecule has 2 aromatic rings. The monoisotopic (exact) mass is 290 g/mol. The van der Waals surface area contributed by atoms with Gasteiger partial charge in [0.05, 0.1) is 18.1 Å². The van der Waals surface area contributed by atoms with Crippen LogP contribution in [0, 0.1) is 22.9 Å². The number of hydrogen-bond donors (Lipinski definition) is 1. The summed E-state index contributed by atoms with van der Waals surface area (Å²) in [4.78, 5) is 10.6. The molecule has 0 atom stereocenters. The van der Waals surface area contributed by atoms with Gasteiger partial charge in [-0.25, -0.2) is 4.39 Å². The summed E-state index contributed by atoms with van der Waals surface area (Å²) in [5.74, 6) is 0.118. The Hall–Kier alpha value is -2.63. The van der Waals surface area contributed by atoms with Crippen molar-refractivity contribution in [3.63, 3.8) is 0 Å². The van der Waals surface area contributed by atoms with E-state index in [0.717, 1.165) is 0 Å². The second-order valence-electron chi connectivity index (χ2n) is 4.58. The average molecular weight is 290 g/mol. The van der Waals surface area contributed by atoms with Gasteiger partial charge in [-0.15, -0.1) is 0 Å². The lowest BCUT2D eigenvalue weighted by atomic mass is 10.1. The van der Waals surface area contributed by atoms with Crippen LogP contribution in [0.15, 0.2) is 36.4 Å². The maximum atomic E-state index is 13.5. The van der Waals surface area contributed by atoms with E-state index in [1.54, 1.807) is 31.2 Å². The number of methoxy groups -OCH3 is 1. The van der Waals surface area contributed by atoms with E-state index in [1.165, 1.54) is 19.2 Å². The first kappa shape index (κ1) is 14.8. The summed E-state index contributed by atoms with van der Waals surface area (Å²) in [6, 6.07) is 9.41. The van der Waals surface area contributed by atoms with Gasteiger partial charge in [0.15, 0.2) is 0 Å². The number of anilines is 1. The summed E-state index contributed by atoms with van der Waals surface area (Å²) in [6.45, 7) is 1.98. The molecule has 2 rings (SSSR count). The normalized spacial score (nSPS) is 10.2. The maximum absolute atomic E-state index is 13.5. The third kappa shape index (κ3) is 3.47. The first-order valence-corrected chi connectivity index (χ1v) is 6.32. The first-order valence-electron chi connectivity index (χ1n) is 6.32. The Kier molecular flexibility index (Phi) is 4.37. The van der Waals surface area contributed by atoms with Crippen LogP contribution < -0.4 is 10.1 Å². The standard InChI is InChI=1S/C15H15FN2O3/c1-10-3-4-11(7-13(10)16)9-17-14-6-5-12(21-2)8-15(14)18(19)20/h3-8,17H,9H2,1-2H3. The first-order chi connectivity index (χ1) is 10.0. The minimum Gasteiger partial charge on any atom is -0.496 e. The minimum absolute atomic E-state index is 0.0815. The molecule has 0 bridgehead atoms. The summed E-state index contributed by atoms with van der Waals surface area (Å²) in [7, 11) is 1.45. The molecule has 0 heterocycles. The highest BCUT2D eigenvalue weighted by Gasteiger charge is 2.14. The SMILES string of the molecule is COc1ccc(NCc2ccc(C)c(F)c2)c([N+](=O)[O-])c1. The van der Waals surface area contributed by atoms with Crippen LogP contribution in [0.3, 0.4) is 0 Å². The highest BCUT2D eigenvalue weighted by Crippen LogP contribution is 2.29. The van der Waals surface area contributed by atoms with Gasteiger partial charge in [-0.1, -0.05) is 12.1 Å². The maximum Gasteiger partial charge on any atom is 0.296 e. The molecule has 0 fully saturated rings. The molecule has 0 unspecified atom stereocenters. The molecular weight excluding hydrogens is 275 g/mol. The zero-order chi connectivity index (χ0) is 15.4. The molecule has 0 spiro atoms. The van der Waals surface area contributed by atoms with Gasteiger partial charge in [0, 0.05) is 6.54 Å². The molecule has 2 aromatic carbocycles. The van der Waals surface area contributed by atoms with Crippen molar-refractivity contribution in [3.8, 4) is 5.75 Å². The third-order valence-corrected chi connectivity index (χ3v) is 3.12. The van der Waals surface area contributed by atoms with Gasteiger partial charge in [0.25, 0.3) is 5.69 Å². The van der Waals surface area contributed by atoms with Crippen molar-refractivity contribution in [1.82, 2.24) is 0 Å². The zero-order valence-electron chi connectivity index (χ0n) is 11.7. The zero-order valence-corrected chi connectivity index (χ0v) is 11.7. The molecule has 21 heavy (non-hydrogen) atoms. The number of nitro groups is 1. The van der Waals surface area contributed by atoms with Crippen molar-refractivity contribution in [1.29, 1.82) is 0 Å². The van der Waals surface area contributed by atoms with Crippen LogP contribution in [-0.4, -0.2) is 12.0 Å². The summed E-state index contributed by atoms with van der Waals surface area (Å²) in [5.41, 5.74) is 1.56. The molecule has 110 valence electrons. The molecule has 0 aromatic heterocycles. The topological polar surface area (TPSA) is 64.4 Å². The molecule has 0 aliphatic rings. The van der Waals surface area contributed by atoms with E-state index in [9.17, 15) is 14.5 Å². The molecule has 0 aliphatic heterocycles. The number of rotatable bonds is 5. The van der Waals surface area contributed by atoms with Crippen molar-refractivity contribution in [3.05, 3.63) is 63.5 Å². The lowest BCUT2D eigenvalue weighted by Crippen LogP contribution is -2.03. The second kappa shape index (κ2) is 6.21. The number of nitrogens with zero attached hydrogens (tertiary/aromatic N) is 1. The lowest BCUT2D eigenvalue weighted by molar-refractivity contribution is -0.384. The quantitative estimate of drug-likeness (QED) is 0.674. The Morgan fingerprint density at radius 2 is 2.05 bits per heavy atom. The van der Waals surface area contributed by atoms with Gasteiger partial charge < -0.3 is 10.1 Å². The Labute approximate surface area is 121 Å². The molecule has 0 radical (unpaired) electrons. The van der Waals surface area contributed by atoms with E-state index in [2.05, 4.69) is 5.32 Å². The predicted molar refractivity (Wildman–Crippen MR) is 78.1 cm³/mol. The van der Waals surface area contributed by atoms with Crippen LogP contribution in [0.5, 0.6) is 5.75 Å². The van der Waals surface area contributed by atoms with Gasteiger partial charge in [-0.05, 0) is 36.2 Å². The molecule has 6 heteroatoms. The van der Waals surface area contributed by atoms with Gasteiger partial charge in [0.2, 0.25) is 0 Å². The Bertz CT molecular complexity index is 674. The Balaban J connectivity index is 2.19. The van der Waals surface area contributed by atoms with E-state index in [-0.39, 0.29) is 11.5 Å². The van der Waals surface area contributed by atoms with Crippen LogP contribution in [0.1, 0.15) is 11.1 Å². The Morgan fingerprint density at radius 3 is 2.67 bits per heavy atom. The number of benzene rings is 2. The van der Waals surface area contributed by atoms with E-state index < -0.39 is 4.92 Å². The van der Waals surface area contributed by atoms with Crippen LogP contribution >= 0.6 is 0 Å². The summed E-state index contributed by atoms with van der Waals surface area (Å²) in [6.07, 6.45) is 0. The molecule has 0 saturated heterocycles. The number of halogens is 1. The van der Waals surface area contributed by atoms with Gasteiger partial charge in [-0.3, -0.25) is 10.1 Å². The molecule has 0 saturated carbocycles. The third-order valence-electron chi connectivity index (χ3n) is 3.12. The molecular formula is C15H15FN2O3. The average Bonchev–Trinajstić information content (AvgIpc) is 2.48. The Morgan fingerprint density at radius 1 is 1.29 bits per heavy atom. The number of nitro benzene ring substituents is 1. The van der Waals surface area contributed by atoms with Gasteiger partial charge >= 0.3 is 0 Å².